The van der Waals surface area contributed by atoms with Crippen LogP contribution < -0.4 is 10.1 Å². The van der Waals surface area contributed by atoms with E-state index < -0.39 is 0 Å². The molecule has 22 heavy (non-hydrogen) atoms. The second kappa shape index (κ2) is 6.26. The van der Waals surface area contributed by atoms with Gasteiger partial charge in [0.15, 0.2) is 0 Å². The van der Waals surface area contributed by atoms with E-state index in [1.165, 1.54) is 0 Å². The van der Waals surface area contributed by atoms with Crippen molar-refractivity contribution in [3.63, 3.8) is 0 Å². The van der Waals surface area contributed by atoms with Crippen LogP contribution >= 0.6 is 0 Å². The van der Waals surface area contributed by atoms with E-state index in [1.54, 1.807) is 6.26 Å². The topological polar surface area (TPSA) is 51.5 Å². The highest BCUT2D eigenvalue weighted by molar-refractivity contribution is 5.96. The minimum Gasteiger partial charge on any atom is -0.491 e. The van der Waals surface area contributed by atoms with Crippen LogP contribution in [0.5, 0.6) is 5.75 Å². The monoisotopic (exact) mass is 299 g/mol. The predicted molar refractivity (Wildman–Crippen MR) is 85.2 cm³/mol. The van der Waals surface area contributed by atoms with E-state index >= 15 is 0 Å². The Morgan fingerprint density at radius 1 is 1.41 bits per heavy atom. The van der Waals surface area contributed by atoms with Crippen molar-refractivity contribution >= 4 is 11.6 Å². The summed E-state index contributed by atoms with van der Waals surface area (Å²) in [6.45, 7) is 4.72. The number of ether oxygens (including phenoxy) is 1. The van der Waals surface area contributed by atoms with Crippen LogP contribution in [0.25, 0.3) is 0 Å². The number of amides is 1. The van der Waals surface area contributed by atoms with Gasteiger partial charge in [0.05, 0.1) is 18.6 Å². The van der Waals surface area contributed by atoms with Crippen LogP contribution in [0.3, 0.4) is 0 Å². The summed E-state index contributed by atoms with van der Waals surface area (Å²) in [6, 6.07) is 9.63. The first-order chi connectivity index (χ1) is 10.7. The summed E-state index contributed by atoms with van der Waals surface area (Å²) in [6.07, 6.45) is 3.43. The van der Waals surface area contributed by atoms with Crippen LogP contribution in [-0.4, -0.2) is 12.5 Å². The van der Waals surface area contributed by atoms with Crippen LogP contribution in [-0.2, 0) is 4.79 Å². The maximum Gasteiger partial charge on any atom is 0.228 e. The molecule has 1 fully saturated rings. The summed E-state index contributed by atoms with van der Waals surface area (Å²) in [7, 11) is 0. The normalized spacial score (nSPS) is 19.7. The molecule has 1 saturated carbocycles. The predicted octanol–water partition coefficient (Wildman–Crippen LogP) is 4.12. The zero-order valence-electron chi connectivity index (χ0n) is 13.0. The zero-order valence-corrected chi connectivity index (χ0v) is 13.0. The highest BCUT2D eigenvalue weighted by Gasteiger charge is 2.45. The van der Waals surface area contributed by atoms with E-state index in [4.69, 9.17) is 9.15 Å². The molecular weight excluding hydrogens is 278 g/mol. The average Bonchev–Trinajstić information content (AvgIpc) is 3.13. The molecular formula is C18H21NO3. The van der Waals surface area contributed by atoms with Crippen LogP contribution in [0.2, 0.25) is 0 Å². The number of rotatable bonds is 6. The van der Waals surface area contributed by atoms with Gasteiger partial charge in [-0.2, -0.15) is 0 Å². The third-order valence-electron chi connectivity index (χ3n) is 3.89. The van der Waals surface area contributed by atoms with Gasteiger partial charge in [0.2, 0.25) is 5.91 Å². The quantitative estimate of drug-likeness (QED) is 0.873. The molecule has 0 saturated heterocycles. The SMILES string of the molecule is CCCOc1cc(C)ccc1NC(=O)C1CC1c1ccco1. The molecule has 2 atom stereocenters. The third-order valence-corrected chi connectivity index (χ3v) is 3.89. The Labute approximate surface area is 130 Å². The van der Waals surface area contributed by atoms with Crippen molar-refractivity contribution in [2.75, 3.05) is 11.9 Å². The van der Waals surface area contributed by atoms with Gasteiger partial charge in [0.1, 0.15) is 11.5 Å². The number of furan rings is 1. The smallest absolute Gasteiger partial charge is 0.228 e. The molecule has 0 aliphatic heterocycles. The van der Waals surface area contributed by atoms with Gasteiger partial charge in [-0.15, -0.1) is 0 Å². The first kappa shape index (κ1) is 14.7. The number of benzene rings is 1. The van der Waals surface area contributed by atoms with Gasteiger partial charge in [-0.3, -0.25) is 4.79 Å². The van der Waals surface area contributed by atoms with E-state index in [-0.39, 0.29) is 17.7 Å². The summed E-state index contributed by atoms with van der Waals surface area (Å²) in [5, 5.41) is 2.99. The van der Waals surface area contributed by atoms with Crippen molar-refractivity contribution in [3.05, 3.63) is 47.9 Å². The molecule has 1 aliphatic carbocycles. The maximum atomic E-state index is 12.4. The van der Waals surface area contributed by atoms with Gasteiger partial charge in [-0.05, 0) is 49.6 Å². The fourth-order valence-corrected chi connectivity index (χ4v) is 2.59. The molecule has 1 N–H and O–H groups in total. The lowest BCUT2D eigenvalue weighted by molar-refractivity contribution is -0.117. The van der Waals surface area contributed by atoms with Gasteiger partial charge >= 0.3 is 0 Å². The summed E-state index contributed by atoms with van der Waals surface area (Å²) < 4.78 is 11.1. The molecule has 4 nitrogen and oxygen atoms in total. The second-order valence-corrected chi connectivity index (χ2v) is 5.80. The van der Waals surface area contributed by atoms with Gasteiger partial charge in [-0.1, -0.05) is 13.0 Å². The number of anilines is 1. The summed E-state index contributed by atoms with van der Waals surface area (Å²) in [5.74, 6) is 1.87. The Morgan fingerprint density at radius 2 is 2.27 bits per heavy atom. The Kier molecular flexibility index (Phi) is 4.18. The van der Waals surface area contributed by atoms with Crippen LogP contribution in [0.4, 0.5) is 5.69 Å². The fourth-order valence-electron chi connectivity index (χ4n) is 2.59. The molecule has 2 unspecified atom stereocenters. The minimum absolute atomic E-state index is 0.00789. The molecule has 0 spiro atoms. The summed E-state index contributed by atoms with van der Waals surface area (Å²) in [5.41, 5.74) is 1.86. The molecule has 1 aromatic carbocycles. The lowest BCUT2D eigenvalue weighted by Crippen LogP contribution is -2.15. The van der Waals surface area contributed by atoms with E-state index in [0.717, 1.165) is 35.6 Å². The minimum atomic E-state index is -0.00789. The lowest BCUT2D eigenvalue weighted by atomic mass is 10.2. The second-order valence-electron chi connectivity index (χ2n) is 5.80. The molecule has 1 amide bonds. The van der Waals surface area contributed by atoms with E-state index in [1.807, 2.05) is 37.3 Å². The van der Waals surface area contributed by atoms with Crippen LogP contribution in [0, 0.1) is 12.8 Å². The molecule has 116 valence electrons. The number of carbonyl (C=O) groups excluding carboxylic acids is 1. The standard InChI is InChI=1S/C18H21NO3/c1-3-8-21-17-10-12(2)6-7-15(17)19-18(20)14-11-13(14)16-5-4-9-22-16/h4-7,9-10,13-14H,3,8,11H2,1-2H3,(H,19,20). The molecule has 1 aromatic heterocycles. The number of hydrogen-bond donors (Lipinski definition) is 1. The van der Waals surface area contributed by atoms with Crippen LogP contribution in [0.1, 0.15) is 37.0 Å². The number of carbonyl (C=O) groups is 1. The Morgan fingerprint density at radius 3 is 3.00 bits per heavy atom. The molecule has 4 heteroatoms. The molecule has 0 bridgehead atoms. The van der Waals surface area contributed by atoms with Crippen molar-refractivity contribution in [1.82, 2.24) is 0 Å². The maximum absolute atomic E-state index is 12.4. The fraction of sp³-hybridized carbons (Fsp3) is 0.389. The molecule has 3 rings (SSSR count). The van der Waals surface area contributed by atoms with Gasteiger partial charge in [0.25, 0.3) is 0 Å². The van der Waals surface area contributed by atoms with Crippen LogP contribution in [0.15, 0.2) is 41.0 Å². The molecule has 1 aliphatic rings. The van der Waals surface area contributed by atoms with E-state index in [0.29, 0.717) is 6.61 Å². The van der Waals surface area contributed by atoms with Crippen molar-refractivity contribution in [2.45, 2.75) is 32.6 Å². The Bertz CT molecular complexity index is 648. The largest absolute Gasteiger partial charge is 0.491 e. The zero-order chi connectivity index (χ0) is 15.5. The van der Waals surface area contributed by atoms with Gasteiger partial charge in [0, 0.05) is 11.8 Å². The van der Waals surface area contributed by atoms with E-state index in [2.05, 4.69) is 12.2 Å². The Hall–Kier alpha value is -2.23. The summed E-state index contributed by atoms with van der Waals surface area (Å²) >= 11 is 0. The Balaban J connectivity index is 1.67. The highest BCUT2D eigenvalue weighted by Crippen LogP contribution is 2.48. The first-order valence-corrected chi connectivity index (χ1v) is 7.76. The molecule has 0 radical (unpaired) electrons. The van der Waals surface area contributed by atoms with Crippen molar-refractivity contribution in [2.24, 2.45) is 5.92 Å². The van der Waals surface area contributed by atoms with Crippen molar-refractivity contribution < 1.29 is 13.9 Å². The van der Waals surface area contributed by atoms with E-state index in [9.17, 15) is 4.79 Å². The molecule has 1 heterocycles. The van der Waals surface area contributed by atoms with Crippen molar-refractivity contribution in [1.29, 1.82) is 0 Å². The molecule has 2 aromatic rings. The number of hydrogen-bond acceptors (Lipinski definition) is 3. The summed E-state index contributed by atoms with van der Waals surface area (Å²) in [4.78, 5) is 12.4. The lowest BCUT2D eigenvalue weighted by Gasteiger charge is -2.13. The first-order valence-electron chi connectivity index (χ1n) is 7.76. The highest BCUT2D eigenvalue weighted by atomic mass is 16.5. The average molecular weight is 299 g/mol. The van der Waals surface area contributed by atoms with Crippen molar-refractivity contribution in [3.8, 4) is 5.75 Å². The number of nitrogens with one attached hydrogen (secondary N) is 1. The van der Waals surface area contributed by atoms with Gasteiger partial charge < -0.3 is 14.5 Å². The third kappa shape index (κ3) is 3.16. The number of aryl methyl sites for hydroxylation is 1. The van der Waals surface area contributed by atoms with Gasteiger partial charge in [-0.25, -0.2) is 0 Å².